The monoisotopic (exact) mass is 816 g/mol. The second-order valence-corrected chi connectivity index (χ2v) is 15.8. The highest BCUT2D eigenvalue weighted by Crippen LogP contribution is 2.42. The summed E-state index contributed by atoms with van der Waals surface area (Å²) in [6.07, 6.45) is 3.93. The summed E-state index contributed by atoms with van der Waals surface area (Å²) < 4.78 is 18.7. The Kier molecular flexibility index (Phi) is 11.3. The number of carboxylic acids is 1. The van der Waals surface area contributed by atoms with Crippen molar-refractivity contribution < 1.29 is 33.7 Å². The van der Waals surface area contributed by atoms with E-state index in [2.05, 4.69) is 20.4 Å². The molecule has 1 unspecified atom stereocenters. The van der Waals surface area contributed by atoms with Crippen molar-refractivity contribution in [2.75, 3.05) is 33.9 Å². The molecule has 1 atom stereocenters. The number of amides is 2. The van der Waals surface area contributed by atoms with Gasteiger partial charge in [-0.05, 0) is 51.5 Å². The first kappa shape index (κ1) is 39.7. The molecule has 1 aromatic carbocycles. The van der Waals surface area contributed by atoms with Crippen LogP contribution in [0.4, 0.5) is 4.79 Å². The van der Waals surface area contributed by atoms with E-state index in [4.69, 9.17) is 42.4 Å². The third-order valence-corrected chi connectivity index (χ3v) is 10.5. The Morgan fingerprint density at radius 1 is 1.02 bits per heavy atom. The highest BCUT2D eigenvalue weighted by atomic mass is 35.5. The highest BCUT2D eigenvalue weighted by molar-refractivity contribution is 6.39. The number of nitrogens with one attached hydrogen (secondary N) is 1. The van der Waals surface area contributed by atoms with Gasteiger partial charge in [-0.1, -0.05) is 41.4 Å². The minimum atomic E-state index is -0.805. The third kappa shape index (κ3) is 8.60. The van der Waals surface area contributed by atoms with Crippen molar-refractivity contribution in [3.05, 3.63) is 76.3 Å². The van der Waals surface area contributed by atoms with Crippen LogP contribution < -0.4 is 14.8 Å². The van der Waals surface area contributed by atoms with Gasteiger partial charge in [0.15, 0.2) is 17.2 Å². The molecule has 0 saturated carbocycles. The van der Waals surface area contributed by atoms with Crippen LogP contribution >= 0.6 is 23.2 Å². The maximum absolute atomic E-state index is 13.3. The number of carbonyl (C=O) groups excluding carboxylic acids is 2. The minimum Gasteiger partial charge on any atom is -0.493 e. The number of carboxylic acid groups (broad SMARTS) is 1. The van der Waals surface area contributed by atoms with Crippen LogP contribution in [0.5, 0.6) is 11.6 Å². The van der Waals surface area contributed by atoms with Crippen molar-refractivity contribution >= 4 is 46.8 Å². The van der Waals surface area contributed by atoms with Crippen LogP contribution in [0.2, 0.25) is 10.0 Å². The Balaban J connectivity index is 1.16. The van der Waals surface area contributed by atoms with Crippen molar-refractivity contribution in [1.82, 2.24) is 39.7 Å². The molecular formula is C40H42Cl2N8O7. The number of aliphatic carboxylic acids is 1. The standard InChI is InChI=1S/C40H42Cl2N8O7/c1-40(2,3)57-39(54)49(20-25-10-12-32(51)44-25)18-22-9-11-29(45-37(22)56-5)28-8-6-7-26(33(28)41)27-13-14-43-35(34(27)42)23-15-30(55-4)36-46-31(47-50(36)19-23)21-48-16-24(17-48)38(52)53/h6-9,11,13-15,19,24-25H,10,12,16-18,20-21H2,1-5H3,(H,44,51)(H,52,53). The lowest BCUT2D eigenvalue weighted by Gasteiger charge is -2.35. The number of fused-ring (bicyclic) bond motifs is 1. The molecule has 2 aliphatic rings. The number of pyridine rings is 3. The third-order valence-electron chi connectivity index (χ3n) is 9.73. The molecular weight excluding hydrogens is 775 g/mol. The van der Waals surface area contributed by atoms with E-state index in [1.54, 1.807) is 61.8 Å². The number of hydrogen-bond acceptors (Lipinski definition) is 11. The summed E-state index contributed by atoms with van der Waals surface area (Å²) in [5.74, 6) is 0.0633. The maximum atomic E-state index is 13.3. The number of likely N-dealkylation sites (tertiary alicyclic amines) is 1. The predicted octanol–water partition coefficient (Wildman–Crippen LogP) is 6.38. The molecule has 7 rings (SSSR count). The number of carbonyl (C=O) groups is 3. The molecule has 15 nitrogen and oxygen atoms in total. The van der Waals surface area contributed by atoms with E-state index in [0.29, 0.717) is 105 Å². The van der Waals surface area contributed by atoms with E-state index in [9.17, 15) is 19.5 Å². The lowest BCUT2D eigenvalue weighted by Crippen LogP contribution is -2.49. The van der Waals surface area contributed by atoms with Crippen LogP contribution in [0.1, 0.15) is 45.0 Å². The molecule has 2 N–H and O–H groups in total. The topological polar surface area (TPSA) is 174 Å². The SMILES string of the molecule is COc1nc(-c2cccc(-c3ccnc(-c4cc(OC)c5nc(CN6CC(C(=O)O)C6)nn5c4)c3Cl)c2Cl)ccc1CN(CC1CCC(=O)N1)C(=O)OC(C)(C)C. The highest BCUT2D eigenvalue weighted by Gasteiger charge is 2.33. The molecule has 0 bridgehead atoms. The summed E-state index contributed by atoms with van der Waals surface area (Å²) >= 11 is 14.3. The van der Waals surface area contributed by atoms with Crippen LogP contribution in [0, 0.1) is 5.92 Å². The fourth-order valence-corrected chi connectivity index (χ4v) is 7.57. The zero-order valence-corrected chi connectivity index (χ0v) is 33.6. The molecule has 2 amide bonds. The number of hydrogen-bond donors (Lipinski definition) is 2. The average Bonchev–Trinajstić information content (AvgIpc) is 3.76. The number of nitrogens with zero attached hydrogens (tertiary/aromatic N) is 7. The molecule has 298 valence electrons. The Morgan fingerprint density at radius 3 is 2.46 bits per heavy atom. The number of methoxy groups -OCH3 is 2. The minimum absolute atomic E-state index is 0.0444. The molecule has 57 heavy (non-hydrogen) atoms. The Bertz CT molecular complexity index is 2360. The van der Waals surface area contributed by atoms with Crippen molar-refractivity contribution in [3.63, 3.8) is 0 Å². The number of rotatable bonds is 12. The van der Waals surface area contributed by atoms with Gasteiger partial charge in [0.1, 0.15) is 5.60 Å². The van der Waals surface area contributed by atoms with Crippen molar-refractivity contribution in [2.45, 2.75) is 58.3 Å². The van der Waals surface area contributed by atoms with Gasteiger partial charge >= 0.3 is 12.1 Å². The summed E-state index contributed by atoms with van der Waals surface area (Å²) in [6.45, 7) is 7.10. The van der Waals surface area contributed by atoms with Gasteiger partial charge in [-0.2, -0.15) is 0 Å². The fraction of sp³-hybridized carbons (Fsp3) is 0.375. The first-order chi connectivity index (χ1) is 27.2. The predicted molar refractivity (Wildman–Crippen MR) is 212 cm³/mol. The lowest BCUT2D eigenvalue weighted by molar-refractivity contribution is -0.147. The molecule has 2 aliphatic heterocycles. The van der Waals surface area contributed by atoms with Gasteiger partial charge < -0.3 is 29.5 Å². The molecule has 4 aromatic heterocycles. The molecule has 0 aliphatic carbocycles. The molecule has 6 heterocycles. The quantitative estimate of drug-likeness (QED) is 0.143. The van der Waals surface area contributed by atoms with Gasteiger partial charge in [0, 0.05) is 72.3 Å². The summed E-state index contributed by atoms with van der Waals surface area (Å²) in [4.78, 5) is 54.0. The normalized spacial score (nSPS) is 16.0. The smallest absolute Gasteiger partial charge is 0.410 e. The number of halogens is 2. The second-order valence-electron chi connectivity index (χ2n) is 15.0. The van der Waals surface area contributed by atoms with Gasteiger partial charge in [0.05, 0.1) is 54.7 Å². The van der Waals surface area contributed by atoms with Gasteiger partial charge in [-0.15, -0.1) is 5.10 Å². The van der Waals surface area contributed by atoms with Gasteiger partial charge in [0.25, 0.3) is 0 Å². The van der Waals surface area contributed by atoms with Gasteiger partial charge in [0.2, 0.25) is 11.8 Å². The van der Waals surface area contributed by atoms with Crippen LogP contribution in [-0.2, 0) is 27.4 Å². The Morgan fingerprint density at radius 2 is 1.77 bits per heavy atom. The zero-order valence-electron chi connectivity index (χ0n) is 32.1. The van der Waals surface area contributed by atoms with Crippen LogP contribution in [0.15, 0.2) is 54.9 Å². The van der Waals surface area contributed by atoms with Crippen molar-refractivity contribution in [2.24, 2.45) is 5.92 Å². The molecule has 5 aromatic rings. The van der Waals surface area contributed by atoms with E-state index >= 15 is 0 Å². The van der Waals surface area contributed by atoms with E-state index < -0.39 is 17.7 Å². The second kappa shape index (κ2) is 16.2. The lowest BCUT2D eigenvalue weighted by atomic mass is 10.00. The number of benzene rings is 1. The van der Waals surface area contributed by atoms with Crippen LogP contribution in [0.3, 0.4) is 0 Å². The number of aromatic nitrogens is 5. The first-order valence-electron chi connectivity index (χ1n) is 18.3. The maximum Gasteiger partial charge on any atom is 0.410 e. The van der Waals surface area contributed by atoms with E-state index in [1.165, 1.54) is 7.11 Å². The van der Waals surface area contributed by atoms with Crippen molar-refractivity contribution in [3.8, 4) is 45.3 Å². The first-order valence-corrected chi connectivity index (χ1v) is 19.1. The molecule has 2 saturated heterocycles. The Labute approximate surface area is 338 Å². The molecule has 0 spiro atoms. The van der Waals surface area contributed by atoms with E-state index in [-0.39, 0.29) is 31.0 Å². The summed E-state index contributed by atoms with van der Waals surface area (Å²) in [7, 11) is 3.05. The van der Waals surface area contributed by atoms with Crippen molar-refractivity contribution in [1.29, 1.82) is 0 Å². The number of ether oxygens (including phenoxy) is 3. The van der Waals surface area contributed by atoms with E-state index in [0.717, 1.165) is 0 Å². The van der Waals surface area contributed by atoms with E-state index in [1.807, 2.05) is 35.2 Å². The Hall–Kier alpha value is -5.51. The fourth-order valence-electron chi connectivity index (χ4n) is 6.93. The van der Waals surface area contributed by atoms with Crippen LogP contribution in [0.25, 0.3) is 39.3 Å². The average molecular weight is 818 g/mol. The molecule has 0 radical (unpaired) electrons. The summed E-state index contributed by atoms with van der Waals surface area (Å²) in [5, 5.41) is 17.5. The van der Waals surface area contributed by atoms with Gasteiger partial charge in [-0.25, -0.2) is 19.3 Å². The zero-order chi connectivity index (χ0) is 40.6. The summed E-state index contributed by atoms with van der Waals surface area (Å²) in [5.41, 5.74) is 3.97. The molecule has 2 fully saturated rings. The van der Waals surface area contributed by atoms with Crippen LogP contribution in [-0.4, -0.2) is 103 Å². The largest absolute Gasteiger partial charge is 0.493 e. The molecule has 17 heteroatoms. The summed E-state index contributed by atoms with van der Waals surface area (Å²) in [6, 6.07) is 12.6. The van der Waals surface area contributed by atoms with Gasteiger partial charge in [-0.3, -0.25) is 19.5 Å².